The quantitative estimate of drug-likeness (QED) is 0.408. The first-order valence-electron chi connectivity index (χ1n) is 8.04. The van der Waals surface area contributed by atoms with Crippen molar-refractivity contribution in [1.82, 2.24) is 10.1 Å². The highest BCUT2D eigenvalue weighted by molar-refractivity contribution is 9.10. The van der Waals surface area contributed by atoms with Crippen molar-refractivity contribution in [3.8, 4) is 29.2 Å². The average molecular weight is 432 g/mol. The van der Waals surface area contributed by atoms with Crippen molar-refractivity contribution in [2.75, 3.05) is 6.61 Å². The van der Waals surface area contributed by atoms with E-state index in [1.165, 1.54) is 12.3 Å². The minimum absolute atomic E-state index is 0.0256. The van der Waals surface area contributed by atoms with E-state index < -0.39 is 5.97 Å². The summed E-state index contributed by atoms with van der Waals surface area (Å²) in [6.07, 6.45) is 1.75. The number of carbonyl (C=O) groups is 1. The summed E-state index contributed by atoms with van der Waals surface area (Å²) in [5.74, 6) is 1.13. The number of ether oxygens (including phenoxy) is 2. The molecule has 0 atom stereocenters. The van der Waals surface area contributed by atoms with Crippen molar-refractivity contribution < 1.29 is 23.2 Å². The predicted octanol–water partition coefficient (Wildman–Crippen LogP) is 3.90. The molecule has 0 saturated carbocycles. The minimum Gasteiger partial charge on any atom is -0.490 e. The number of rotatable bonds is 7. The van der Waals surface area contributed by atoms with Crippen molar-refractivity contribution >= 4 is 21.9 Å². The second kappa shape index (κ2) is 8.51. The van der Waals surface area contributed by atoms with Gasteiger partial charge in [-0.05, 0) is 41.1 Å². The van der Waals surface area contributed by atoms with Gasteiger partial charge in [-0.25, -0.2) is 0 Å². The summed E-state index contributed by atoms with van der Waals surface area (Å²) in [7, 11) is 0. The van der Waals surface area contributed by atoms with Crippen LogP contribution in [-0.4, -0.2) is 22.7 Å². The first kappa shape index (κ1) is 18.7. The molecule has 2 heterocycles. The number of nitriles is 1. The van der Waals surface area contributed by atoms with Crippen LogP contribution in [0, 0.1) is 11.3 Å². The third-order valence-electron chi connectivity index (χ3n) is 3.41. The number of esters is 1. The molecule has 8 nitrogen and oxygen atoms in total. The molecule has 0 fully saturated rings. The van der Waals surface area contributed by atoms with Gasteiger partial charge in [-0.15, -0.1) is 0 Å². The van der Waals surface area contributed by atoms with Gasteiger partial charge in [0.2, 0.25) is 11.7 Å². The first-order chi connectivity index (χ1) is 13.1. The lowest BCUT2D eigenvalue weighted by Gasteiger charge is -2.12. The Bertz CT molecular complexity index is 976. The van der Waals surface area contributed by atoms with Crippen LogP contribution in [0.1, 0.15) is 24.8 Å². The third kappa shape index (κ3) is 4.54. The second-order valence-corrected chi connectivity index (χ2v) is 6.15. The molecule has 0 unspecified atom stereocenters. The van der Waals surface area contributed by atoms with Crippen molar-refractivity contribution in [2.45, 2.75) is 19.8 Å². The number of aryl methyl sites for hydroxylation is 1. The molecule has 0 spiro atoms. The van der Waals surface area contributed by atoms with Gasteiger partial charge in [0.25, 0.3) is 0 Å². The molecule has 0 amide bonds. The highest BCUT2D eigenvalue weighted by atomic mass is 79.9. The summed E-state index contributed by atoms with van der Waals surface area (Å²) in [6.45, 7) is 2.16. The number of benzene rings is 1. The molecule has 0 aliphatic rings. The molecule has 9 heteroatoms. The van der Waals surface area contributed by atoms with Crippen LogP contribution in [0.4, 0.5) is 0 Å². The fraction of sp³-hybridized carbons (Fsp3) is 0.222. The lowest BCUT2D eigenvalue weighted by molar-refractivity contribution is -0.134. The van der Waals surface area contributed by atoms with Crippen LogP contribution in [0.15, 0.2) is 43.9 Å². The molecule has 0 radical (unpaired) electrons. The molecule has 3 rings (SSSR count). The van der Waals surface area contributed by atoms with E-state index in [-0.39, 0.29) is 18.6 Å². The summed E-state index contributed by atoms with van der Waals surface area (Å²) in [5.41, 5.74) is 0.390. The maximum absolute atomic E-state index is 12.2. The lowest BCUT2D eigenvalue weighted by atomic mass is 10.2. The standard InChI is InChI=1S/C18H14BrN3O5/c1-2-24-14-9-11(10-20)8-12(19)17(14)26-16(23)6-5-15-21-18(22-27-15)13-4-3-7-25-13/h3-4,7-9H,2,5-6H2,1H3. The molecule has 0 aliphatic heterocycles. The van der Waals surface area contributed by atoms with E-state index >= 15 is 0 Å². The zero-order chi connectivity index (χ0) is 19.2. The molecule has 2 aromatic heterocycles. The molecule has 27 heavy (non-hydrogen) atoms. The summed E-state index contributed by atoms with van der Waals surface area (Å²) >= 11 is 3.30. The number of hydrogen-bond donors (Lipinski definition) is 0. The Morgan fingerprint density at radius 3 is 2.96 bits per heavy atom. The Balaban J connectivity index is 1.65. The van der Waals surface area contributed by atoms with Gasteiger partial charge in [0.1, 0.15) is 0 Å². The minimum atomic E-state index is -0.501. The van der Waals surface area contributed by atoms with Crippen molar-refractivity contribution in [2.24, 2.45) is 0 Å². The largest absolute Gasteiger partial charge is 0.490 e. The number of nitrogens with zero attached hydrogens (tertiary/aromatic N) is 3. The van der Waals surface area contributed by atoms with Gasteiger partial charge in [0, 0.05) is 12.5 Å². The Hall–Kier alpha value is -3.12. The van der Waals surface area contributed by atoms with Crippen LogP contribution in [0.5, 0.6) is 11.5 Å². The summed E-state index contributed by atoms with van der Waals surface area (Å²) in [5, 5.41) is 12.8. The van der Waals surface area contributed by atoms with Gasteiger partial charge in [-0.3, -0.25) is 4.79 Å². The normalized spacial score (nSPS) is 10.4. The summed E-state index contributed by atoms with van der Waals surface area (Å²) < 4.78 is 21.6. The zero-order valence-corrected chi connectivity index (χ0v) is 15.9. The van der Waals surface area contributed by atoms with Gasteiger partial charge in [0.15, 0.2) is 17.3 Å². The van der Waals surface area contributed by atoms with Crippen LogP contribution in [0.25, 0.3) is 11.6 Å². The lowest BCUT2D eigenvalue weighted by Crippen LogP contribution is -2.11. The number of carbonyl (C=O) groups excluding carboxylic acids is 1. The van der Waals surface area contributed by atoms with E-state index in [1.54, 1.807) is 25.1 Å². The molecule has 0 bridgehead atoms. The van der Waals surface area contributed by atoms with E-state index in [4.69, 9.17) is 23.7 Å². The van der Waals surface area contributed by atoms with Gasteiger partial charge in [-0.2, -0.15) is 10.2 Å². The Kier molecular flexibility index (Phi) is 5.88. The summed E-state index contributed by atoms with van der Waals surface area (Å²) in [4.78, 5) is 16.4. The van der Waals surface area contributed by atoms with Gasteiger partial charge in [-0.1, -0.05) is 5.16 Å². The third-order valence-corrected chi connectivity index (χ3v) is 4.00. The number of furan rings is 1. The molecule has 0 saturated heterocycles. The maximum Gasteiger partial charge on any atom is 0.311 e. The van der Waals surface area contributed by atoms with Crippen LogP contribution in [0.3, 0.4) is 0 Å². The highest BCUT2D eigenvalue weighted by Gasteiger charge is 2.18. The predicted molar refractivity (Wildman–Crippen MR) is 96.0 cm³/mol. The Labute approximate surface area is 162 Å². The molecule has 138 valence electrons. The Morgan fingerprint density at radius 1 is 1.41 bits per heavy atom. The second-order valence-electron chi connectivity index (χ2n) is 5.29. The summed E-state index contributed by atoms with van der Waals surface area (Å²) in [6, 6.07) is 8.52. The monoisotopic (exact) mass is 431 g/mol. The van der Waals surface area contributed by atoms with E-state index in [0.717, 1.165) is 0 Å². The molecular weight excluding hydrogens is 418 g/mol. The van der Waals surface area contributed by atoms with Crippen molar-refractivity contribution in [3.63, 3.8) is 0 Å². The van der Waals surface area contributed by atoms with E-state index in [0.29, 0.717) is 39.9 Å². The van der Waals surface area contributed by atoms with Crippen LogP contribution < -0.4 is 9.47 Å². The molecule has 1 aromatic carbocycles. The SMILES string of the molecule is CCOc1cc(C#N)cc(Br)c1OC(=O)CCc1nc(-c2ccco2)no1. The smallest absolute Gasteiger partial charge is 0.311 e. The number of halogens is 1. The highest BCUT2D eigenvalue weighted by Crippen LogP contribution is 2.37. The van der Waals surface area contributed by atoms with Crippen LogP contribution >= 0.6 is 15.9 Å². The van der Waals surface area contributed by atoms with Gasteiger partial charge in [0.05, 0.1) is 35.4 Å². The van der Waals surface area contributed by atoms with Crippen molar-refractivity contribution in [1.29, 1.82) is 5.26 Å². The molecule has 3 aromatic rings. The number of aromatic nitrogens is 2. The maximum atomic E-state index is 12.2. The fourth-order valence-corrected chi connectivity index (χ4v) is 2.75. The Morgan fingerprint density at radius 2 is 2.26 bits per heavy atom. The van der Waals surface area contributed by atoms with Gasteiger partial charge < -0.3 is 18.4 Å². The average Bonchev–Trinajstić information content (AvgIpc) is 3.34. The van der Waals surface area contributed by atoms with Crippen LogP contribution in [-0.2, 0) is 11.2 Å². The van der Waals surface area contributed by atoms with E-state index in [2.05, 4.69) is 26.1 Å². The molecule has 0 aliphatic carbocycles. The fourth-order valence-electron chi connectivity index (χ4n) is 2.23. The van der Waals surface area contributed by atoms with Crippen molar-refractivity contribution in [3.05, 3.63) is 46.5 Å². The van der Waals surface area contributed by atoms with E-state index in [1.807, 2.05) is 6.07 Å². The first-order valence-corrected chi connectivity index (χ1v) is 8.83. The van der Waals surface area contributed by atoms with Gasteiger partial charge >= 0.3 is 5.97 Å². The number of hydrogen-bond acceptors (Lipinski definition) is 8. The van der Waals surface area contributed by atoms with Crippen LogP contribution in [0.2, 0.25) is 0 Å². The van der Waals surface area contributed by atoms with E-state index in [9.17, 15) is 4.79 Å². The zero-order valence-electron chi connectivity index (χ0n) is 14.3. The molecule has 0 N–H and O–H groups in total. The molecular formula is C18H14BrN3O5. The topological polar surface area (TPSA) is 111 Å².